The van der Waals surface area contributed by atoms with Crippen molar-refractivity contribution >= 4 is 24.2 Å². The molecule has 0 heterocycles. The van der Waals surface area contributed by atoms with Crippen LogP contribution in [0.4, 0.5) is 9.59 Å². The van der Waals surface area contributed by atoms with E-state index in [0.717, 1.165) is 0 Å². The standard InChI is InChI=1S/C24H26O14/c1-3-29-19-11-7-9-17(15-19)21(25)33-37-35-23(27)31-13-5-6-14-32-24(28)36-38-34-22(26)18-10-8-12-20(16-18)30-4-2/h7-12,15-16H,3-6,13-14H2,1-2H3. The molecule has 14 nitrogen and oxygen atoms in total. The summed E-state index contributed by atoms with van der Waals surface area (Å²) in [5, 5.41) is 8.23. The summed E-state index contributed by atoms with van der Waals surface area (Å²) in [6.45, 7) is 4.16. The number of ether oxygens (including phenoxy) is 4. The van der Waals surface area contributed by atoms with Gasteiger partial charge in [-0.2, -0.15) is 0 Å². The normalized spacial score (nSPS) is 10.1. The lowest BCUT2D eigenvalue weighted by atomic mass is 10.2. The Bertz CT molecular complexity index is 970. The fraction of sp³-hybridized carbons (Fsp3) is 0.333. The van der Waals surface area contributed by atoms with Gasteiger partial charge < -0.3 is 18.9 Å². The molecule has 0 fully saturated rings. The van der Waals surface area contributed by atoms with E-state index in [0.29, 0.717) is 24.7 Å². The maximum Gasteiger partial charge on any atom is 0.543 e. The largest absolute Gasteiger partial charge is 0.543 e. The fourth-order valence-electron chi connectivity index (χ4n) is 2.57. The van der Waals surface area contributed by atoms with E-state index >= 15 is 0 Å². The molecule has 2 rings (SSSR count). The van der Waals surface area contributed by atoms with E-state index in [-0.39, 0.29) is 37.2 Å². The van der Waals surface area contributed by atoms with Crippen LogP contribution >= 0.6 is 0 Å². The molecule has 0 bridgehead atoms. The highest BCUT2D eigenvalue weighted by Gasteiger charge is 2.14. The molecule has 0 amide bonds. The van der Waals surface area contributed by atoms with E-state index in [1.54, 1.807) is 38.1 Å². The highest BCUT2D eigenvalue weighted by molar-refractivity contribution is 5.89. The minimum atomic E-state index is -1.26. The van der Waals surface area contributed by atoms with Crippen LogP contribution in [0.15, 0.2) is 48.5 Å². The Morgan fingerprint density at radius 3 is 1.42 bits per heavy atom. The van der Waals surface area contributed by atoms with Gasteiger partial charge in [0.15, 0.2) is 0 Å². The smallest absolute Gasteiger partial charge is 0.494 e. The van der Waals surface area contributed by atoms with Crippen LogP contribution in [0.25, 0.3) is 0 Å². The molecule has 0 aliphatic carbocycles. The zero-order valence-electron chi connectivity index (χ0n) is 20.6. The van der Waals surface area contributed by atoms with Gasteiger partial charge in [-0.25, -0.2) is 29.0 Å². The van der Waals surface area contributed by atoms with Gasteiger partial charge in [-0.3, -0.25) is 9.78 Å². The highest BCUT2D eigenvalue weighted by Crippen LogP contribution is 2.15. The zero-order chi connectivity index (χ0) is 27.6. The third kappa shape index (κ3) is 11.5. The van der Waals surface area contributed by atoms with Gasteiger partial charge >= 0.3 is 24.2 Å². The number of benzene rings is 2. The van der Waals surface area contributed by atoms with Crippen molar-refractivity contribution < 1.29 is 67.8 Å². The van der Waals surface area contributed by atoms with Crippen LogP contribution in [0.5, 0.6) is 11.5 Å². The van der Waals surface area contributed by atoms with Crippen LogP contribution in [0, 0.1) is 0 Å². The lowest BCUT2D eigenvalue weighted by Gasteiger charge is -2.06. The van der Waals surface area contributed by atoms with Gasteiger partial charge in [0, 0.05) is 0 Å². The van der Waals surface area contributed by atoms with E-state index in [4.69, 9.17) is 9.47 Å². The predicted molar refractivity (Wildman–Crippen MR) is 122 cm³/mol. The van der Waals surface area contributed by atoms with Crippen LogP contribution in [-0.4, -0.2) is 50.7 Å². The minimum Gasteiger partial charge on any atom is -0.494 e. The van der Waals surface area contributed by atoms with Crippen molar-refractivity contribution in [2.45, 2.75) is 26.7 Å². The number of carbonyl (C=O) groups excluding carboxylic acids is 4. The first kappa shape index (κ1) is 29.7. The molecule has 206 valence electrons. The average molecular weight is 538 g/mol. The molecule has 2 aromatic rings. The Morgan fingerprint density at radius 1 is 0.605 bits per heavy atom. The van der Waals surface area contributed by atoms with E-state index in [1.807, 2.05) is 0 Å². The first-order valence-corrected chi connectivity index (χ1v) is 11.3. The molecule has 14 heteroatoms. The maximum absolute atomic E-state index is 11.8. The number of unbranched alkanes of at least 4 members (excludes halogenated alkanes) is 1. The molecule has 0 saturated heterocycles. The fourth-order valence-corrected chi connectivity index (χ4v) is 2.57. The second kappa shape index (κ2) is 17.0. The van der Waals surface area contributed by atoms with Crippen molar-refractivity contribution in [2.24, 2.45) is 0 Å². The Morgan fingerprint density at radius 2 is 1.03 bits per heavy atom. The number of carbonyl (C=O) groups is 4. The Kier molecular flexibility index (Phi) is 13.3. The summed E-state index contributed by atoms with van der Waals surface area (Å²) in [4.78, 5) is 63.6. The molecule has 0 aliphatic heterocycles. The first-order valence-electron chi connectivity index (χ1n) is 11.3. The zero-order valence-corrected chi connectivity index (χ0v) is 20.6. The molecule has 0 N–H and O–H groups in total. The van der Waals surface area contributed by atoms with Crippen LogP contribution in [0.1, 0.15) is 47.4 Å². The Hall–Kier alpha value is -4.56. The van der Waals surface area contributed by atoms with Gasteiger partial charge in [-0.1, -0.05) is 12.1 Å². The lowest BCUT2D eigenvalue weighted by Crippen LogP contribution is -2.14. The van der Waals surface area contributed by atoms with Crippen molar-refractivity contribution in [3.63, 3.8) is 0 Å². The summed E-state index contributed by atoms with van der Waals surface area (Å²) in [6, 6.07) is 12.2. The van der Waals surface area contributed by atoms with Gasteiger partial charge in [0.25, 0.3) is 0 Å². The summed E-state index contributed by atoms with van der Waals surface area (Å²) in [5.41, 5.74) is 0.226. The van der Waals surface area contributed by atoms with Crippen molar-refractivity contribution in [1.29, 1.82) is 0 Å². The van der Waals surface area contributed by atoms with E-state index in [1.165, 1.54) is 24.3 Å². The predicted octanol–water partition coefficient (Wildman–Crippen LogP) is 4.28. The molecule has 0 spiro atoms. The van der Waals surface area contributed by atoms with Crippen LogP contribution < -0.4 is 9.47 Å². The summed E-state index contributed by atoms with van der Waals surface area (Å²) >= 11 is 0. The maximum atomic E-state index is 11.8. The molecular formula is C24H26O14. The second-order valence-corrected chi connectivity index (χ2v) is 6.87. The monoisotopic (exact) mass is 538 g/mol. The number of rotatable bonds is 15. The van der Waals surface area contributed by atoms with Crippen molar-refractivity contribution in [3.05, 3.63) is 59.7 Å². The van der Waals surface area contributed by atoms with Crippen LogP contribution in [0.2, 0.25) is 0 Å². The number of hydrogen-bond acceptors (Lipinski definition) is 14. The molecule has 0 aromatic heterocycles. The third-order valence-corrected chi connectivity index (χ3v) is 4.16. The molecule has 0 radical (unpaired) electrons. The average Bonchev–Trinajstić information content (AvgIpc) is 2.91. The molecule has 0 unspecified atom stereocenters. The Labute approximate surface area is 216 Å². The van der Waals surface area contributed by atoms with E-state index < -0.39 is 24.2 Å². The summed E-state index contributed by atoms with van der Waals surface area (Å²) in [5.74, 6) is -0.929. The SMILES string of the molecule is CCOc1cccc(C(=O)OOOC(=O)OCCCCOC(=O)OOOC(=O)c2cccc(OCC)c2)c1. The summed E-state index contributed by atoms with van der Waals surface area (Å²) in [7, 11) is 0. The van der Waals surface area contributed by atoms with Gasteiger partial charge in [0.2, 0.25) is 0 Å². The second-order valence-electron chi connectivity index (χ2n) is 6.87. The third-order valence-electron chi connectivity index (χ3n) is 4.16. The summed E-state index contributed by atoms with van der Waals surface area (Å²) in [6.07, 6.45) is -2.00. The van der Waals surface area contributed by atoms with E-state index in [2.05, 4.69) is 39.1 Å². The van der Waals surface area contributed by atoms with Gasteiger partial charge in [0.05, 0.1) is 47.6 Å². The molecule has 38 heavy (non-hydrogen) atoms. The van der Waals surface area contributed by atoms with Crippen LogP contribution in [-0.2, 0) is 39.1 Å². The van der Waals surface area contributed by atoms with Gasteiger partial charge in [0.1, 0.15) is 11.5 Å². The van der Waals surface area contributed by atoms with Crippen LogP contribution in [0.3, 0.4) is 0 Å². The molecule has 0 saturated carbocycles. The first-order chi connectivity index (χ1) is 18.4. The topological polar surface area (TPSA) is 161 Å². The molecule has 0 atom stereocenters. The van der Waals surface area contributed by atoms with E-state index in [9.17, 15) is 19.2 Å². The highest BCUT2D eigenvalue weighted by atomic mass is 17.5. The Balaban J connectivity index is 1.49. The number of hydrogen-bond donors (Lipinski definition) is 0. The molecular weight excluding hydrogens is 512 g/mol. The van der Waals surface area contributed by atoms with Crippen molar-refractivity contribution in [2.75, 3.05) is 26.4 Å². The summed E-state index contributed by atoms with van der Waals surface area (Å²) < 4.78 is 19.9. The van der Waals surface area contributed by atoms with Crippen molar-refractivity contribution in [1.82, 2.24) is 0 Å². The van der Waals surface area contributed by atoms with Crippen molar-refractivity contribution in [3.8, 4) is 11.5 Å². The minimum absolute atomic E-state index is 0.113. The molecule has 0 aliphatic rings. The van der Waals surface area contributed by atoms with Gasteiger partial charge in [-0.15, -0.1) is 0 Å². The quantitative estimate of drug-likeness (QED) is 0.137. The van der Waals surface area contributed by atoms with Gasteiger partial charge in [-0.05, 0) is 63.1 Å². The lowest BCUT2D eigenvalue weighted by molar-refractivity contribution is -0.452. The molecule has 2 aromatic carbocycles.